The summed E-state index contributed by atoms with van der Waals surface area (Å²) in [5.74, 6) is 0.521. The highest BCUT2D eigenvalue weighted by Gasteiger charge is 2.24. The molecule has 2 heterocycles. The van der Waals surface area contributed by atoms with Crippen LogP contribution in [0.25, 0.3) is 0 Å². The number of piperazine rings is 1. The molecule has 3 N–H and O–H groups in total. The predicted octanol–water partition coefficient (Wildman–Crippen LogP) is -0.926. The summed E-state index contributed by atoms with van der Waals surface area (Å²) >= 11 is 0. The topological polar surface area (TPSA) is 95.3 Å². The second-order valence-electron chi connectivity index (χ2n) is 3.82. The van der Waals surface area contributed by atoms with E-state index in [2.05, 4.69) is 10.2 Å². The van der Waals surface area contributed by atoms with E-state index in [9.17, 15) is 8.42 Å². The van der Waals surface area contributed by atoms with Crippen LogP contribution in [-0.4, -0.2) is 55.4 Å². The molecule has 1 aliphatic rings. The molecule has 0 aromatic carbocycles. The van der Waals surface area contributed by atoms with Gasteiger partial charge in [-0.05, 0) is 0 Å². The molecule has 0 radical (unpaired) electrons. The number of aromatic nitrogens is 2. The highest BCUT2D eigenvalue weighted by molar-refractivity contribution is 7.88. The molecule has 0 bridgehead atoms. The summed E-state index contributed by atoms with van der Waals surface area (Å²) in [7, 11) is -3.08. The zero-order valence-electron chi connectivity index (χ0n) is 9.05. The minimum Gasteiger partial charge on any atom is -0.382 e. The molecule has 0 unspecified atom stereocenters. The number of nitrogens with zero attached hydrogens (tertiary/aromatic N) is 3. The largest absolute Gasteiger partial charge is 0.382 e. The Morgan fingerprint density at radius 2 is 2.00 bits per heavy atom. The van der Waals surface area contributed by atoms with Gasteiger partial charge < -0.3 is 10.6 Å². The number of anilines is 2. The molecule has 0 spiro atoms. The maximum absolute atomic E-state index is 11.3. The maximum atomic E-state index is 11.3. The molecule has 2 rings (SSSR count). The molecule has 90 valence electrons. The normalized spacial score (nSPS) is 18.9. The Kier molecular flexibility index (Phi) is 2.76. The fourth-order valence-electron chi connectivity index (χ4n) is 1.80. The summed E-state index contributed by atoms with van der Waals surface area (Å²) in [4.78, 5) is 2.03. The number of aromatic amines is 1. The molecule has 0 atom stereocenters. The summed E-state index contributed by atoms with van der Waals surface area (Å²) in [6.45, 7) is 2.25. The van der Waals surface area contributed by atoms with Crippen LogP contribution < -0.4 is 10.6 Å². The molecule has 1 aliphatic heterocycles. The Bertz CT molecular complexity index is 461. The summed E-state index contributed by atoms with van der Waals surface area (Å²) in [5.41, 5.74) is 6.54. The monoisotopic (exact) mass is 245 g/mol. The zero-order chi connectivity index (χ0) is 11.8. The van der Waals surface area contributed by atoms with Crippen LogP contribution in [0.5, 0.6) is 0 Å². The van der Waals surface area contributed by atoms with Crippen molar-refractivity contribution in [2.45, 2.75) is 0 Å². The van der Waals surface area contributed by atoms with Crippen LogP contribution in [0.3, 0.4) is 0 Å². The van der Waals surface area contributed by atoms with Gasteiger partial charge >= 0.3 is 0 Å². The molecule has 0 amide bonds. The highest BCUT2D eigenvalue weighted by Crippen LogP contribution is 2.21. The van der Waals surface area contributed by atoms with Crippen molar-refractivity contribution in [3.63, 3.8) is 0 Å². The first-order valence-electron chi connectivity index (χ1n) is 4.97. The lowest BCUT2D eigenvalue weighted by atomic mass is 10.3. The smallest absolute Gasteiger partial charge is 0.211 e. The van der Waals surface area contributed by atoms with Gasteiger partial charge in [0, 0.05) is 26.2 Å². The second-order valence-corrected chi connectivity index (χ2v) is 5.80. The van der Waals surface area contributed by atoms with Crippen LogP contribution in [-0.2, 0) is 10.0 Å². The van der Waals surface area contributed by atoms with Crippen LogP contribution in [0.15, 0.2) is 6.20 Å². The quantitative estimate of drug-likeness (QED) is 0.702. The number of nitrogen functional groups attached to an aromatic ring is 1. The summed E-state index contributed by atoms with van der Waals surface area (Å²) in [5, 5.41) is 6.50. The molecule has 0 aliphatic carbocycles. The predicted molar refractivity (Wildman–Crippen MR) is 61.6 cm³/mol. The highest BCUT2D eigenvalue weighted by atomic mass is 32.2. The molecule has 7 nitrogen and oxygen atoms in total. The minimum absolute atomic E-state index is 0.490. The Balaban J connectivity index is 2.04. The zero-order valence-corrected chi connectivity index (χ0v) is 9.87. The van der Waals surface area contributed by atoms with Gasteiger partial charge in [-0.1, -0.05) is 0 Å². The van der Waals surface area contributed by atoms with Crippen LogP contribution >= 0.6 is 0 Å². The SMILES string of the molecule is CS(=O)(=O)N1CCN(c2cn[nH]c2N)CC1. The fraction of sp³-hybridized carbons (Fsp3) is 0.625. The summed E-state index contributed by atoms with van der Waals surface area (Å²) in [6, 6.07) is 0. The number of hydrogen-bond acceptors (Lipinski definition) is 5. The number of hydrogen-bond donors (Lipinski definition) is 2. The standard InChI is InChI=1S/C8H15N5O2S/c1-16(14,15)13-4-2-12(3-5-13)7-6-10-11-8(7)9/h6H,2-5H2,1H3,(H3,9,10,11). The Labute approximate surface area is 94.3 Å². The lowest BCUT2D eigenvalue weighted by Gasteiger charge is -2.34. The minimum atomic E-state index is -3.08. The van der Waals surface area contributed by atoms with Crippen LogP contribution in [0, 0.1) is 0 Å². The van der Waals surface area contributed by atoms with E-state index in [4.69, 9.17) is 5.73 Å². The van der Waals surface area contributed by atoms with Gasteiger partial charge in [-0.2, -0.15) is 9.40 Å². The molecule has 8 heteroatoms. The molecular weight excluding hydrogens is 230 g/mol. The number of H-pyrrole nitrogens is 1. The Morgan fingerprint density at radius 3 is 2.44 bits per heavy atom. The van der Waals surface area contributed by atoms with Crippen molar-refractivity contribution in [2.24, 2.45) is 0 Å². The first-order valence-corrected chi connectivity index (χ1v) is 6.82. The van der Waals surface area contributed by atoms with E-state index in [1.54, 1.807) is 6.20 Å². The second kappa shape index (κ2) is 3.95. The van der Waals surface area contributed by atoms with Crippen LogP contribution in [0.4, 0.5) is 11.5 Å². The van der Waals surface area contributed by atoms with E-state index < -0.39 is 10.0 Å². The van der Waals surface area contributed by atoms with E-state index in [0.29, 0.717) is 32.0 Å². The van der Waals surface area contributed by atoms with Crippen molar-refractivity contribution in [3.05, 3.63) is 6.20 Å². The van der Waals surface area contributed by atoms with Gasteiger partial charge in [-0.25, -0.2) is 8.42 Å². The molecule has 1 saturated heterocycles. The number of sulfonamides is 1. The molecule has 0 saturated carbocycles. The Hall–Kier alpha value is -1.28. The lowest BCUT2D eigenvalue weighted by Crippen LogP contribution is -2.48. The Morgan fingerprint density at radius 1 is 1.38 bits per heavy atom. The first-order chi connectivity index (χ1) is 7.48. The average molecular weight is 245 g/mol. The third-order valence-electron chi connectivity index (χ3n) is 2.70. The molecule has 1 aromatic rings. The van der Waals surface area contributed by atoms with Gasteiger partial charge in [-0.15, -0.1) is 0 Å². The van der Waals surface area contributed by atoms with Crippen molar-refractivity contribution in [1.82, 2.24) is 14.5 Å². The third kappa shape index (κ3) is 2.12. The molecular formula is C8H15N5O2S. The van der Waals surface area contributed by atoms with E-state index in [0.717, 1.165) is 5.69 Å². The van der Waals surface area contributed by atoms with Gasteiger partial charge in [-0.3, -0.25) is 5.10 Å². The van der Waals surface area contributed by atoms with E-state index >= 15 is 0 Å². The first kappa shape index (κ1) is 11.2. The van der Waals surface area contributed by atoms with Crippen molar-refractivity contribution in [3.8, 4) is 0 Å². The van der Waals surface area contributed by atoms with Crippen molar-refractivity contribution < 1.29 is 8.42 Å². The van der Waals surface area contributed by atoms with Gasteiger partial charge in [0.1, 0.15) is 5.82 Å². The number of nitrogens with one attached hydrogen (secondary N) is 1. The third-order valence-corrected chi connectivity index (χ3v) is 4.00. The van der Waals surface area contributed by atoms with Crippen molar-refractivity contribution in [2.75, 3.05) is 43.1 Å². The number of rotatable bonds is 2. The fourth-order valence-corrected chi connectivity index (χ4v) is 2.63. The van der Waals surface area contributed by atoms with E-state index in [-0.39, 0.29) is 0 Å². The van der Waals surface area contributed by atoms with Gasteiger partial charge in [0.15, 0.2) is 0 Å². The maximum Gasteiger partial charge on any atom is 0.211 e. The summed E-state index contributed by atoms with van der Waals surface area (Å²) in [6.07, 6.45) is 2.89. The molecule has 1 aromatic heterocycles. The van der Waals surface area contributed by atoms with Crippen molar-refractivity contribution in [1.29, 1.82) is 0 Å². The summed E-state index contributed by atoms with van der Waals surface area (Å²) < 4.78 is 24.1. The molecule has 1 fully saturated rings. The number of nitrogens with two attached hydrogens (primary N) is 1. The van der Waals surface area contributed by atoms with E-state index in [1.165, 1.54) is 10.6 Å². The van der Waals surface area contributed by atoms with E-state index in [1.807, 2.05) is 4.90 Å². The van der Waals surface area contributed by atoms with Gasteiger partial charge in [0.05, 0.1) is 18.1 Å². The lowest BCUT2D eigenvalue weighted by molar-refractivity contribution is 0.388. The van der Waals surface area contributed by atoms with Crippen LogP contribution in [0.2, 0.25) is 0 Å². The van der Waals surface area contributed by atoms with Crippen LogP contribution in [0.1, 0.15) is 0 Å². The molecule has 16 heavy (non-hydrogen) atoms. The average Bonchev–Trinajstić information content (AvgIpc) is 2.63. The van der Waals surface area contributed by atoms with Gasteiger partial charge in [0.25, 0.3) is 0 Å². The van der Waals surface area contributed by atoms with Gasteiger partial charge in [0.2, 0.25) is 10.0 Å². The van der Waals surface area contributed by atoms with Crippen molar-refractivity contribution >= 4 is 21.5 Å².